The summed E-state index contributed by atoms with van der Waals surface area (Å²) in [7, 11) is 0. The largest absolute Gasteiger partial charge is 0.320 e. The molecule has 0 aromatic heterocycles. The number of aliphatic imine (C=N–C) groups is 1. The number of hydrogen-bond acceptors (Lipinski definition) is 3. The Labute approximate surface area is 122 Å². The van der Waals surface area contributed by atoms with Gasteiger partial charge < -0.3 is 5.32 Å². The molecule has 0 aliphatic carbocycles. The maximum absolute atomic E-state index is 12.0. The van der Waals surface area contributed by atoms with Crippen LogP contribution in [0.2, 0.25) is 10.0 Å². The number of rotatable bonds is 1. The third-order valence-electron chi connectivity index (χ3n) is 2.36. The van der Waals surface area contributed by atoms with Crippen LogP contribution in [-0.4, -0.2) is 18.4 Å². The maximum Gasteiger partial charge on any atom is 0.248 e. The van der Waals surface area contributed by atoms with Gasteiger partial charge >= 0.3 is 0 Å². The average molecular weight is 384 g/mol. The molecule has 2 rings (SSSR count). The molecular formula is C10H8Cl2IN3O. The van der Waals surface area contributed by atoms with Gasteiger partial charge in [0.15, 0.2) is 9.71 Å². The van der Waals surface area contributed by atoms with E-state index in [2.05, 4.69) is 10.3 Å². The first-order chi connectivity index (χ1) is 7.93. The van der Waals surface area contributed by atoms with Crippen molar-refractivity contribution in [2.24, 2.45) is 10.7 Å². The molecule has 90 valence electrons. The molecule has 1 amide bonds. The van der Waals surface area contributed by atoms with E-state index in [1.165, 1.54) is 6.21 Å². The van der Waals surface area contributed by atoms with Crippen LogP contribution in [0.15, 0.2) is 23.2 Å². The second-order valence-electron chi connectivity index (χ2n) is 3.54. The van der Waals surface area contributed by atoms with Crippen LogP contribution in [0.5, 0.6) is 0 Å². The van der Waals surface area contributed by atoms with Crippen molar-refractivity contribution in [3.63, 3.8) is 0 Å². The number of nitrogens with zero attached hydrogens (tertiary/aromatic N) is 1. The molecule has 2 unspecified atom stereocenters. The number of alkyl halides is 1. The second-order valence-corrected chi connectivity index (χ2v) is 6.05. The van der Waals surface area contributed by atoms with Crippen LogP contribution in [0.25, 0.3) is 0 Å². The second kappa shape index (κ2) is 4.72. The van der Waals surface area contributed by atoms with Crippen LogP contribution in [0.4, 0.5) is 0 Å². The van der Waals surface area contributed by atoms with Crippen LogP contribution in [0, 0.1) is 0 Å². The van der Waals surface area contributed by atoms with Crippen LogP contribution in [0.3, 0.4) is 0 Å². The first kappa shape index (κ1) is 13.1. The van der Waals surface area contributed by atoms with Gasteiger partial charge in [-0.15, -0.1) is 0 Å². The SMILES string of the molecule is NC1N=CC(I)(c2ccc(Cl)c(Cl)c2)C(=O)N1. The summed E-state index contributed by atoms with van der Waals surface area (Å²) in [5.41, 5.74) is 6.21. The van der Waals surface area contributed by atoms with Crippen molar-refractivity contribution in [3.8, 4) is 0 Å². The highest BCUT2D eigenvalue weighted by molar-refractivity contribution is 14.1. The van der Waals surface area contributed by atoms with Crippen LogP contribution in [0.1, 0.15) is 5.56 Å². The molecule has 1 heterocycles. The molecule has 0 fully saturated rings. The zero-order valence-electron chi connectivity index (χ0n) is 8.45. The molecule has 0 spiro atoms. The van der Waals surface area contributed by atoms with E-state index in [1.807, 2.05) is 22.6 Å². The number of nitrogens with one attached hydrogen (secondary N) is 1. The first-order valence-corrected chi connectivity index (χ1v) is 6.52. The topological polar surface area (TPSA) is 67.5 Å². The minimum Gasteiger partial charge on any atom is -0.320 e. The monoisotopic (exact) mass is 383 g/mol. The van der Waals surface area contributed by atoms with Gasteiger partial charge in [0, 0.05) is 6.21 Å². The zero-order chi connectivity index (χ0) is 12.6. The molecule has 4 nitrogen and oxygen atoms in total. The number of benzene rings is 1. The molecule has 0 radical (unpaired) electrons. The summed E-state index contributed by atoms with van der Waals surface area (Å²) in [4.78, 5) is 16.0. The van der Waals surface area contributed by atoms with E-state index in [0.717, 1.165) is 0 Å². The van der Waals surface area contributed by atoms with E-state index >= 15 is 0 Å². The Balaban J connectivity index is 2.47. The highest BCUT2D eigenvalue weighted by Crippen LogP contribution is 2.35. The van der Waals surface area contributed by atoms with Gasteiger partial charge in [-0.1, -0.05) is 51.9 Å². The normalized spacial score (nSPS) is 28.0. The molecule has 7 heteroatoms. The highest BCUT2D eigenvalue weighted by Gasteiger charge is 2.39. The number of carbonyl (C=O) groups excluding carboxylic acids is 1. The Morgan fingerprint density at radius 2 is 2.12 bits per heavy atom. The Morgan fingerprint density at radius 1 is 1.41 bits per heavy atom. The summed E-state index contributed by atoms with van der Waals surface area (Å²) >= 11 is 13.8. The summed E-state index contributed by atoms with van der Waals surface area (Å²) in [6, 6.07) is 5.04. The van der Waals surface area contributed by atoms with Crippen LogP contribution >= 0.6 is 45.8 Å². The van der Waals surface area contributed by atoms with Crippen molar-refractivity contribution in [1.29, 1.82) is 0 Å². The van der Waals surface area contributed by atoms with Crippen molar-refractivity contribution in [1.82, 2.24) is 5.32 Å². The standard InChI is InChI=1S/C10H8Cl2IN3O/c11-6-2-1-5(3-7(6)12)10(13)4-15-9(14)16-8(10)17/h1-4,9H,14H2,(H,16,17). The summed E-state index contributed by atoms with van der Waals surface area (Å²) < 4.78 is -0.901. The van der Waals surface area contributed by atoms with E-state index < -0.39 is 9.71 Å². The van der Waals surface area contributed by atoms with Gasteiger partial charge in [-0.25, -0.2) is 0 Å². The Hall–Kier alpha value is -0.370. The Bertz CT molecular complexity index is 508. The molecule has 3 N–H and O–H groups in total. The minimum atomic E-state index is -0.901. The summed E-state index contributed by atoms with van der Waals surface area (Å²) in [6.45, 7) is 0. The predicted molar refractivity (Wildman–Crippen MR) is 76.8 cm³/mol. The number of nitrogens with two attached hydrogens (primary N) is 1. The van der Waals surface area contributed by atoms with Crippen molar-refractivity contribution in [2.75, 3.05) is 0 Å². The lowest BCUT2D eigenvalue weighted by Gasteiger charge is -2.28. The van der Waals surface area contributed by atoms with Gasteiger partial charge in [0.05, 0.1) is 10.0 Å². The van der Waals surface area contributed by atoms with Crippen molar-refractivity contribution in [3.05, 3.63) is 33.8 Å². The maximum atomic E-state index is 12.0. The number of hydrogen-bond donors (Lipinski definition) is 2. The quantitative estimate of drug-likeness (QED) is 0.575. The molecule has 0 bridgehead atoms. The third kappa shape index (κ3) is 2.42. The third-order valence-corrected chi connectivity index (χ3v) is 4.49. The van der Waals surface area contributed by atoms with Gasteiger partial charge in [-0.2, -0.15) is 0 Å². The van der Waals surface area contributed by atoms with E-state index in [1.54, 1.807) is 18.2 Å². The molecular weight excluding hydrogens is 376 g/mol. The molecule has 1 aromatic rings. The predicted octanol–water partition coefficient (Wildman–Crippen LogP) is 2.07. The Kier molecular flexibility index (Phi) is 3.63. The lowest BCUT2D eigenvalue weighted by Crippen LogP contribution is -2.52. The van der Waals surface area contributed by atoms with E-state index in [-0.39, 0.29) is 5.91 Å². The lowest BCUT2D eigenvalue weighted by atomic mass is 9.98. The van der Waals surface area contributed by atoms with Crippen molar-refractivity contribution < 1.29 is 4.79 Å². The number of halogens is 3. The molecule has 1 aromatic carbocycles. The zero-order valence-corrected chi connectivity index (χ0v) is 12.1. The van der Waals surface area contributed by atoms with Crippen molar-refractivity contribution >= 4 is 57.9 Å². The minimum absolute atomic E-state index is 0.223. The first-order valence-electron chi connectivity index (χ1n) is 4.69. The molecule has 1 aliphatic rings. The molecule has 2 atom stereocenters. The van der Waals surface area contributed by atoms with Crippen molar-refractivity contribution in [2.45, 2.75) is 9.71 Å². The van der Waals surface area contributed by atoms with E-state index in [9.17, 15) is 4.79 Å². The van der Waals surface area contributed by atoms with Crippen LogP contribution < -0.4 is 11.1 Å². The number of carbonyl (C=O) groups is 1. The molecule has 0 saturated carbocycles. The fourth-order valence-electron chi connectivity index (χ4n) is 1.45. The summed E-state index contributed by atoms with van der Waals surface area (Å²) in [5, 5.41) is 3.40. The number of amides is 1. The van der Waals surface area contributed by atoms with Gasteiger partial charge in [0.2, 0.25) is 5.91 Å². The smallest absolute Gasteiger partial charge is 0.248 e. The summed E-state index contributed by atoms with van der Waals surface area (Å²) in [6.07, 6.45) is 0.838. The summed E-state index contributed by atoms with van der Waals surface area (Å²) in [5.74, 6) is -0.223. The fraction of sp³-hybridized carbons (Fsp3) is 0.200. The van der Waals surface area contributed by atoms with E-state index in [0.29, 0.717) is 15.6 Å². The molecule has 1 aliphatic heterocycles. The van der Waals surface area contributed by atoms with Gasteiger partial charge in [0.25, 0.3) is 0 Å². The van der Waals surface area contributed by atoms with Crippen LogP contribution in [-0.2, 0) is 8.22 Å². The fourth-order valence-corrected chi connectivity index (χ4v) is 2.40. The molecule has 0 saturated heterocycles. The average Bonchev–Trinajstić information content (AvgIpc) is 2.28. The Morgan fingerprint density at radius 3 is 2.71 bits per heavy atom. The molecule has 17 heavy (non-hydrogen) atoms. The van der Waals surface area contributed by atoms with Gasteiger partial charge in [-0.05, 0) is 17.7 Å². The lowest BCUT2D eigenvalue weighted by molar-refractivity contribution is -0.122. The van der Waals surface area contributed by atoms with Gasteiger partial charge in [0.1, 0.15) is 0 Å². The van der Waals surface area contributed by atoms with Gasteiger partial charge in [-0.3, -0.25) is 15.5 Å². The highest BCUT2D eigenvalue weighted by atomic mass is 127. The van der Waals surface area contributed by atoms with E-state index in [4.69, 9.17) is 28.9 Å².